The Labute approximate surface area is 168 Å². The molecule has 0 N–H and O–H groups in total. The lowest BCUT2D eigenvalue weighted by molar-refractivity contribution is -0.123. The first-order valence-electron chi connectivity index (χ1n) is 9.78. The Morgan fingerprint density at radius 2 is 1.64 bits per heavy atom. The molecule has 1 saturated heterocycles. The third kappa shape index (κ3) is 4.13. The minimum atomic E-state index is -3.50. The molecular formula is C22H28N2O3S. The Kier molecular flexibility index (Phi) is 6.20. The van der Waals surface area contributed by atoms with Crippen molar-refractivity contribution in [2.45, 2.75) is 38.5 Å². The molecule has 0 unspecified atom stereocenters. The van der Waals surface area contributed by atoms with E-state index in [9.17, 15) is 13.2 Å². The fourth-order valence-corrected chi connectivity index (χ4v) is 5.20. The van der Waals surface area contributed by atoms with Gasteiger partial charge in [-0.1, -0.05) is 35.9 Å². The van der Waals surface area contributed by atoms with Gasteiger partial charge in [0.2, 0.25) is 15.9 Å². The standard InChI is InChI=1S/C22H28N2O3S/c1-4-24(21-8-6-5-7-18(21)3)22(25)19-13-15-23(16-14-19)28(26,27)20-11-9-17(2)10-12-20/h5-12,19H,4,13-16H2,1-3H3. The summed E-state index contributed by atoms with van der Waals surface area (Å²) in [5.74, 6) is -0.0618. The summed E-state index contributed by atoms with van der Waals surface area (Å²) in [5, 5.41) is 0. The number of carbonyl (C=O) groups excluding carboxylic acids is 1. The first-order chi connectivity index (χ1) is 13.3. The van der Waals surface area contributed by atoms with Gasteiger partial charge in [0.05, 0.1) is 4.90 Å². The van der Waals surface area contributed by atoms with Crippen LogP contribution in [0.25, 0.3) is 0 Å². The predicted molar refractivity (Wildman–Crippen MR) is 112 cm³/mol. The van der Waals surface area contributed by atoms with Crippen molar-refractivity contribution < 1.29 is 13.2 Å². The van der Waals surface area contributed by atoms with Gasteiger partial charge in [0, 0.05) is 31.2 Å². The summed E-state index contributed by atoms with van der Waals surface area (Å²) >= 11 is 0. The Balaban J connectivity index is 1.70. The SMILES string of the molecule is CCN(C(=O)C1CCN(S(=O)(=O)c2ccc(C)cc2)CC1)c1ccccc1C. The zero-order valence-electron chi connectivity index (χ0n) is 16.8. The van der Waals surface area contributed by atoms with E-state index in [2.05, 4.69) is 0 Å². The van der Waals surface area contributed by atoms with Crippen LogP contribution >= 0.6 is 0 Å². The first kappa shape index (κ1) is 20.6. The summed E-state index contributed by atoms with van der Waals surface area (Å²) < 4.78 is 27.2. The van der Waals surface area contributed by atoms with Crippen LogP contribution in [0.5, 0.6) is 0 Å². The molecule has 0 saturated carbocycles. The summed E-state index contributed by atoms with van der Waals surface area (Å²) in [6, 6.07) is 14.8. The number of nitrogens with zero attached hydrogens (tertiary/aromatic N) is 2. The number of benzene rings is 2. The second kappa shape index (κ2) is 8.45. The summed E-state index contributed by atoms with van der Waals surface area (Å²) in [6.45, 7) is 7.26. The van der Waals surface area contributed by atoms with E-state index in [4.69, 9.17) is 0 Å². The molecule has 1 heterocycles. The van der Waals surface area contributed by atoms with Crippen molar-refractivity contribution in [2.24, 2.45) is 5.92 Å². The number of rotatable bonds is 5. The topological polar surface area (TPSA) is 57.7 Å². The van der Waals surface area contributed by atoms with E-state index in [1.165, 1.54) is 4.31 Å². The van der Waals surface area contributed by atoms with Gasteiger partial charge in [-0.25, -0.2) is 8.42 Å². The van der Waals surface area contributed by atoms with E-state index in [0.717, 1.165) is 16.8 Å². The average molecular weight is 401 g/mol. The van der Waals surface area contributed by atoms with Gasteiger partial charge < -0.3 is 4.90 Å². The summed E-state index contributed by atoms with van der Waals surface area (Å²) in [4.78, 5) is 15.2. The number of para-hydroxylation sites is 1. The van der Waals surface area contributed by atoms with Crippen molar-refractivity contribution in [1.82, 2.24) is 4.31 Å². The van der Waals surface area contributed by atoms with E-state index < -0.39 is 10.0 Å². The highest BCUT2D eigenvalue weighted by atomic mass is 32.2. The van der Waals surface area contributed by atoms with E-state index in [-0.39, 0.29) is 11.8 Å². The molecule has 0 aromatic heterocycles. The number of hydrogen-bond acceptors (Lipinski definition) is 3. The lowest BCUT2D eigenvalue weighted by atomic mass is 9.96. The molecule has 1 aliphatic rings. The molecule has 2 aromatic rings. The highest BCUT2D eigenvalue weighted by molar-refractivity contribution is 7.89. The van der Waals surface area contributed by atoms with Crippen molar-refractivity contribution >= 4 is 21.6 Å². The van der Waals surface area contributed by atoms with E-state index in [1.54, 1.807) is 12.1 Å². The van der Waals surface area contributed by atoms with Crippen molar-refractivity contribution in [3.63, 3.8) is 0 Å². The number of sulfonamides is 1. The number of carbonyl (C=O) groups is 1. The Bertz CT molecular complexity index is 931. The van der Waals surface area contributed by atoms with Crippen molar-refractivity contribution in [3.8, 4) is 0 Å². The molecule has 6 heteroatoms. The molecule has 0 atom stereocenters. The van der Waals surface area contributed by atoms with Gasteiger partial charge in [-0.05, 0) is 57.4 Å². The second-order valence-corrected chi connectivity index (χ2v) is 9.30. The van der Waals surface area contributed by atoms with Crippen LogP contribution in [0.1, 0.15) is 30.9 Å². The molecule has 0 aliphatic carbocycles. The Morgan fingerprint density at radius 3 is 2.21 bits per heavy atom. The van der Waals surface area contributed by atoms with E-state index >= 15 is 0 Å². The highest BCUT2D eigenvalue weighted by Crippen LogP contribution is 2.28. The van der Waals surface area contributed by atoms with Crippen LogP contribution in [-0.4, -0.2) is 38.3 Å². The van der Waals surface area contributed by atoms with Crippen LogP contribution in [0.4, 0.5) is 5.69 Å². The maximum atomic E-state index is 13.1. The normalized spacial score (nSPS) is 16.1. The molecule has 1 amide bonds. The molecule has 3 rings (SSSR count). The van der Waals surface area contributed by atoms with Gasteiger partial charge in [0.15, 0.2) is 0 Å². The maximum absolute atomic E-state index is 13.1. The molecule has 150 valence electrons. The number of anilines is 1. The third-order valence-corrected chi connectivity index (χ3v) is 7.36. The molecule has 1 fully saturated rings. The molecular weight excluding hydrogens is 372 g/mol. The Hall–Kier alpha value is -2.18. The molecule has 2 aromatic carbocycles. The third-order valence-electron chi connectivity index (χ3n) is 5.45. The summed E-state index contributed by atoms with van der Waals surface area (Å²) in [6.07, 6.45) is 1.10. The van der Waals surface area contributed by atoms with Crippen LogP contribution in [0.15, 0.2) is 53.4 Å². The van der Waals surface area contributed by atoms with Crippen LogP contribution < -0.4 is 4.90 Å². The minimum absolute atomic E-state index is 0.0872. The fraction of sp³-hybridized carbons (Fsp3) is 0.409. The molecule has 0 spiro atoms. The molecule has 5 nitrogen and oxygen atoms in total. The first-order valence-corrected chi connectivity index (χ1v) is 11.2. The molecule has 0 radical (unpaired) electrons. The maximum Gasteiger partial charge on any atom is 0.243 e. The quantitative estimate of drug-likeness (QED) is 0.768. The van der Waals surface area contributed by atoms with Gasteiger partial charge in [-0.3, -0.25) is 4.79 Å². The van der Waals surface area contributed by atoms with E-state index in [0.29, 0.717) is 37.4 Å². The van der Waals surface area contributed by atoms with E-state index in [1.807, 2.05) is 62.1 Å². The van der Waals surface area contributed by atoms with Crippen LogP contribution in [0.3, 0.4) is 0 Å². The number of aryl methyl sites for hydroxylation is 2. The molecule has 28 heavy (non-hydrogen) atoms. The van der Waals surface area contributed by atoms with Gasteiger partial charge in [-0.15, -0.1) is 0 Å². The predicted octanol–water partition coefficient (Wildman–Crippen LogP) is 3.76. The fourth-order valence-electron chi connectivity index (χ4n) is 3.73. The van der Waals surface area contributed by atoms with Crippen molar-refractivity contribution in [3.05, 3.63) is 59.7 Å². The molecule has 1 aliphatic heterocycles. The number of hydrogen-bond donors (Lipinski definition) is 0. The minimum Gasteiger partial charge on any atom is -0.312 e. The van der Waals surface area contributed by atoms with Crippen molar-refractivity contribution in [1.29, 1.82) is 0 Å². The second-order valence-electron chi connectivity index (χ2n) is 7.36. The number of amides is 1. The van der Waals surface area contributed by atoms with Gasteiger partial charge >= 0.3 is 0 Å². The summed E-state index contributed by atoms with van der Waals surface area (Å²) in [5.41, 5.74) is 3.03. The monoisotopic (exact) mass is 400 g/mol. The van der Waals surface area contributed by atoms with Gasteiger partial charge in [0.25, 0.3) is 0 Å². The largest absolute Gasteiger partial charge is 0.312 e. The van der Waals surface area contributed by atoms with Crippen molar-refractivity contribution in [2.75, 3.05) is 24.5 Å². The summed E-state index contributed by atoms with van der Waals surface area (Å²) in [7, 11) is -3.50. The zero-order chi connectivity index (χ0) is 20.3. The van der Waals surface area contributed by atoms with Gasteiger partial charge in [-0.2, -0.15) is 4.31 Å². The number of piperidine rings is 1. The van der Waals surface area contributed by atoms with Crippen LogP contribution in [-0.2, 0) is 14.8 Å². The molecule has 0 bridgehead atoms. The zero-order valence-corrected chi connectivity index (χ0v) is 17.6. The Morgan fingerprint density at radius 1 is 1.04 bits per heavy atom. The smallest absolute Gasteiger partial charge is 0.243 e. The van der Waals surface area contributed by atoms with Crippen LogP contribution in [0.2, 0.25) is 0 Å². The lowest BCUT2D eigenvalue weighted by Crippen LogP contribution is -2.44. The lowest BCUT2D eigenvalue weighted by Gasteiger charge is -2.33. The highest BCUT2D eigenvalue weighted by Gasteiger charge is 2.34. The van der Waals surface area contributed by atoms with Crippen LogP contribution in [0, 0.1) is 19.8 Å². The van der Waals surface area contributed by atoms with Gasteiger partial charge in [0.1, 0.15) is 0 Å². The average Bonchev–Trinajstić information content (AvgIpc) is 2.70.